The second kappa shape index (κ2) is 13.1. The van der Waals surface area contributed by atoms with Gasteiger partial charge in [-0.2, -0.15) is 10.1 Å². The van der Waals surface area contributed by atoms with Crippen LogP contribution in [-0.2, 0) is 31.5 Å². The number of carbonyl (C=O) groups excluding carboxylic acids is 3. The van der Waals surface area contributed by atoms with Crippen LogP contribution in [0.1, 0.15) is 37.9 Å². The number of nitrogens with zero attached hydrogens (tertiary/aromatic N) is 6. The number of carbonyl (C=O) groups is 3. The number of ketones is 1. The third kappa shape index (κ3) is 7.33. The predicted octanol–water partition coefficient (Wildman–Crippen LogP) is 2.26. The second-order valence-electron chi connectivity index (χ2n) is 10.9. The fourth-order valence-electron chi connectivity index (χ4n) is 4.76. The van der Waals surface area contributed by atoms with E-state index in [-0.39, 0.29) is 35.2 Å². The first-order chi connectivity index (χ1) is 21.1. The lowest BCUT2D eigenvalue weighted by Gasteiger charge is -2.25. The molecule has 0 aliphatic heterocycles. The van der Waals surface area contributed by atoms with Crippen molar-refractivity contribution in [3.63, 3.8) is 0 Å². The van der Waals surface area contributed by atoms with Gasteiger partial charge in [-0.3, -0.25) is 19.1 Å². The standard InChI is InChI=1S/C30H37N9O5S/c1-17-7-8-22(16-26(17)45(32,43)44)39(28(41)12-11-24(20(4)40)34-29(42)18(2)31)30-33-14-13-27(35-30)37(5)21-9-10-23-19(3)38(6)36-25(23)15-21/h7-10,13-16,18,24H,11-12,31H2,1-6H3,(H,34,42)(H2,32,43,44)/t18-,24-/m0/s1. The first kappa shape index (κ1) is 33.2. The quantitative estimate of drug-likeness (QED) is 0.220. The van der Waals surface area contributed by atoms with E-state index in [9.17, 15) is 22.8 Å². The number of aryl methyl sites for hydroxylation is 3. The summed E-state index contributed by atoms with van der Waals surface area (Å²) in [6.07, 6.45) is 1.22. The van der Waals surface area contributed by atoms with Gasteiger partial charge < -0.3 is 16.0 Å². The van der Waals surface area contributed by atoms with Crippen molar-refractivity contribution in [2.75, 3.05) is 16.8 Å². The van der Waals surface area contributed by atoms with Crippen LogP contribution in [0.15, 0.2) is 53.6 Å². The molecule has 2 atom stereocenters. The summed E-state index contributed by atoms with van der Waals surface area (Å²) in [5, 5.41) is 13.6. The first-order valence-corrected chi connectivity index (χ1v) is 15.7. The zero-order chi connectivity index (χ0) is 33.2. The Morgan fingerprint density at radius 2 is 1.76 bits per heavy atom. The highest BCUT2D eigenvalue weighted by atomic mass is 32.2. The number of fused-ring (bicyclic) bond motifs is 1. The van der Waals surface area contributed by atoms with Crippen LogP contribution in [0.3, 0.4) is 0 Å². The molecule has 0 radical (unpaired) electrons. The highest BCUT2D eigenvalue weighted by molar-refractivity contribution is 7.89. The summed E-state index contributed by atoms with van der Waals surface area (Å²) in [5.41, 5.74) is 8.78. The smallest absolute Gasteiger partial charge is 0.238 e. The van der Waals surface area contributed by atoms with E-state index >= 15 is 0 Å². The Balaban J connectivity index is 1.74. The van der Waals surface area contributed by atoms with Crippen LogP contribution in [0, 0.1) is 13.8 Å². The van der Waals surface area contributed by atoms with Crippen molar-refractivity contribution in [2.24, 2.45) is 17.9 Å². The number of benzene rings is 2. The Morgan fingerprint density at radius 3 is 2.40 bits per heavy atom. The average Bonchev–Trinajstić information content (AvgIpc) is 3.27. The Kier molecular flexibility index (Phi) is 9.65. The molecule has 0 aliphatic carbocycles. The minimum Gasteiger partial charge on any atom is -0.345 e. The molecule has 0 saturated heterocycles. The normalized spacial score (nSPS) is 12.9. The number of aromatic nitrogens is 4. The molecule has 4 rings (SSSR count). The summed E-state index contributed by atoms with van der Waals surface area (Å²) in [6.45, 7) is 6.36. The lowest BCUT2D eigenvalue weighted by atomic mass is 10.1. The number of hydrogen-bond donors (Lipinski definition) is 3. The van der Waals surface area contributed by atoms with Crippen molar-refractivity contribution in [1.29, 1.82) is 0 Å². The molecule has 5 N–H and O–H groups in total. The van der Waals surface area contributed by atoms with Crippen LogP contribution in [0.2, 0.25) is 0 Å². The number of primary sulfonamides is 1. The van der Waals surface area contributed by atoms with E-state index in [1.807, 2.05) is 32.2 Å². The largest absolute Gasteiger partial charge is 0.345 e. The molecule has 15 heteroatoms. The molecule has 14 nitrogen and oxygen atoms in total. The van der Waals surface area contributed by atoms with Gasteiger partial charge in [-0.15, -0.1) is 0 Å². The van der Waals surface area contributed by atoms with E-state index in [2.05, 4.69) is 20.4 Å². The van der Waals surface area contributed by atoms with Gasteiger partial charge in [0.25, 0.3) is 0 Å². The lowest BCUT2D eigenvalue weighted by Crippen LogP contribution is -2.47. The minimum atomic E-state index is -4.13. The maximum Gasteiger partial charge on any atom is 0.238 e. The summed E-state index contributed by atoms with van der Waals surface area (Å²) in [5.74, 6) is -1.04. The highest BCUT2D eigenvalue weighted by Gasteiger charge is 2.27. The monoisotopic (exact) mass is 635 g/mol. The summed E-state index contributed by atoms with van der Waals surface area (Å²) >= 11 is 0. The number of amides is 2. The zero-order valence-electron chi connectivity index (χ0n) is 26.0. The van der Waals surface area contributed by atoms with Gasteiger partial charge in [-0.25, -0.2) is 23.4 Å². The number of rotatable bonds is 11. The number of anilines is 4. The van der Waals surface area contributed by atoms with E-state index in [1.165, 1.54) is 37.1 Å². The van der Waals surface area contributed by atoms with Crippen molar-refractivity contribution < 1.29 is 22.8 Å². The Bertz CT molecular complexity index is 1890. The number of nitrogens with one attached hydrogen (secondary N) is 1. The van der Waals surface area contributed by atoms with Crippen LogP contribution in [0.25, 0.3) is 10.9 Å². The third-order valence-electron chi connectivity index (χ3n) is 7.53. The Labute approximate surface area is 261 Å². The molecule has 45 heavy (non-hydrogen) atoms. The molecule has 0 spiro atoms. The molecule has 4 aromatic rings. The molecule has 0 unspecified atom stereocenters. The molecule has 2 aromatic carbocycles. The molecule has 0 saturated carbocycles. The molecule has 2 amide bonds. The van der Waals surface area contributed by atoms with Gasteiger partial charge in [0, 0.05) is 43.5 Å². The van der Waals surface area contributed by atoms with Crippen LogP contribution >= 0.6 is 0 Å². The van der Waals surface area contributed by atoms with Crippen LogP contribution in [0.5, 0.6) is 0 Å². The number of sulfonamides is 1. The third-order valence-corrected chi connectivity index (χ3v) is 8.58. The second-order valence-corrected chi connectivity index (χ2v) is 12.4. The topological polar surface area (TPSA) is 200 Å². The van der Waals surface area contributed by atoms with Gasteiger partial charge in [0.05, 0.1) is 28.2 Å². The van der Waals surface area contributed by atoms with Crippen molar-refractivity contribution in [1.82, 2.24) is 25.1 Å². The van der Waals surface area contributed by atoms with Crippen molar-refractivity contribution in [2.45, 2.75) is 57.5 Å². The van der Waals surface area contributed by atoms with E-state index in [0.717, 1.165) is 22.3 Å². The summed E-state index contributed by atoms with van der Waals surface area (Å²) < 4.78 is 26.5. The van der Waals surface area contributed by atoms with Gasteiger partial charge in [0.2, 0.25) is 27.8 Å². The van der Waals surface area contributed by atoms with Gasteiger partial charge in [-0.1, -0.05) is 6.07 Å². The van der Waals surface area contributed by atoms with E-state index in [0.29, 0.717) is 11.4 Å². The maximum absolute atomic E-state index is 13.9. The Hall–Kier alpha value is -4.73. The van der Waals surface area contributed by atoms with E-state index in [1.54, 1.807) is 35.7 Å². The number of nitrogens with two attached hydrogens (primary N) is 2. The van der Waals surface area contributed by atoms with Gasteiger partial charge in [0.1, 0.15) is 5.82 Å². The zero-order valence-corrected chi connectivity index (χ0v) is 26.8. The fourth-order valence-corrected chi connectivity index (χ4v) is 5.56. The minimum absolute atomic E-state index is 0.0395. The van der Waals surface area contributed by atoms with Gasteiger partial charge >= 0.3 is 0 Å². The van der Waals surface area contributed by atoms with Crippen molar-refractivity contribution in [3.05, 3.63) is 59.9 Å². The molecular formula is C30H37N9O5S. The molecule has 0 fully saturated rings. The maximum atomic E-state index is 13.9. The summed E-state index contributed by atoms with van der Waals surface area (Å²) in [6, 6.07) is 10.0. The fraction of sp³-hybridized carbons (Fsp3) is 0.333. The van der Waals surface area contributed by atoms with Gasteiger partial charge in [-0.05, 0) is 76.1 Å². The number of hydrogen-bond acceptors (Lipinski definition) is 10. The predicted molar refractivity (Wildman–Crippen MR) is 171 cm³/mol. The Morgan fingerprint density at radius 1 is 1.07 bits per heavy atom. The van der Waals surface area contributed by atoms with E-state index < -0.39 is 33.9 Å². The van der Waals surface area contributed by atoms with Gasteiger partial charge in [0.15, 0.2) is 5.78 Å². The van der Waals surface area contributed by atoms with E-state index in [4.69, 9.17) is 10.9 Å². The molecule has 0 bridgehead atoms. The molecule has 0 aliphatic rings. The average molecular weight is 636 g/mol. The molecule has 2 heterocycles. The molecular weight excluding hydrogens is 598 g/mol. The van der Waals surface area contributed by atoms with Crippen LogP contribution < -0.4 is 26.0 Å². The first-order valence-electron chi connectivity index (χ1n) is 14.1. The van der Waals surface area contributed by atoms with Crippen LogP contribution in [0.4, 0.5) is 23.1 Å². The van der Waals surface area contributed by atoms with Crippen molar-refractivity contribution >= 4 is 61.7 Å². The highest BCUT2D eigenvalue weighted by Crippen LogP contribution is 2.31. The summed E-state index contributed by atoms with van der Waals surface area (Å²) in [7, 11) is -0.454. The molecule has 2 aromatic heterocycles. The van der Waals surface area contributed by atoms with Crippen molar-refractivity contribution in [3.8, 4) is 0 Å². The van der Waals surface area contributed by atoms with Crippen LogP contribution in [-0.4, -0.2) is 64.9 Å². The number of Topliss-reactive ketones (excluding diaryl/α,β-unsaturated/α-hetero) is 1. The summed E-state index contributed by atoms with van der Waals surface area (Å²) in [4.78, 5) is 50.1. The molecule has 238 valence electrons. The lowest BCUT2D eigenvalue weighted by molar-refractivity contribution is -0.128. The SMILES string of the molecule is CC(=O)[C@H](CCC(=O)N(c1ccc(C)c(S(N)(=O)=O)c1)c1nccc(N(C)c2ccc3c(C)n(C)nc3c2)n1)NC(=O)[C@H](C)N.